The molecule has 4 aromatic rings. The van der Waals surface area contributed by atoms with E-state index in [1.807, 2.05) is 12.3 Å². The number of benzene rings is 2. The van der Waals surface area contributed by atoms with E-state index in [1.165, 1.54) is 37.0 Å². The largest absolute Gasteiger partial charge is 0.340 e. The third-order valence-electron chi connectivity index (χ3n) is 6.67. The molecule has 0 spiro atoms. The Morgan fingerprint density at radius 3 is 2.56 bits per heavy atom. The molecule has 0 radical (unpaired) electrons. The molecule has 0 amide bonds. The first-order valence-electron chi connectivity index (χ1n) is 11.3. The second-order valence-corrected chi connectivity index (χ2v) is 8.61. The van der Waals surface area contributed by atoms with E-state index in [4.69, 9.17) is 0 Å². The van der Waals surface area contributed by atoms with Gasteiger partial charge in [0.1, 0.15) is 11.6 Å². The van der Waals surface area contributed by atoms with Gasteiger partial charge in [-0.2, -0.15) is 0 Å². The van der Waals surface area contributed by atoms with Crippen LogP contribution in [-0.2, 0) is 6.42 Å². The maximum absolute atomic E-state index is 13.3. The summed E-state index contributed by atoms with van der Waals surface area (Å²) in [6, 6.07) is 18.8. The quantitative estimate of drug-likeness (QED) is 0.363. The Hall–Kier alpha value is -3.47. The molecule has 0 aliphatic heterocycles. The predicted octanol–water partition coefficient (Wildman–Crippen LogP) is 6.32. The fourth-order valence-electron chi connectivity index (χ4n) is 4.75. The van der Waals surface area contributed by atoms with Gasteiger partial charge in [-0.15, -0.1) is 0 Å². The molecule has 2 aromatic carbocycles. The molecule has 5 rings (SSSR count). The number of hydrogen-bond donors (Lipinski definition) is 2. The minimum atomic E-state index is -0.305. The van der Waals surface area contributed by atoms with Gasteiger partial charge in [0.15, 0.2) is 0 Å². The number of aromatic nitrogens is 2. The Labute approximate surface area is 186 Å². The Morgan fingerprint density at radius 1 is 1.06 bits per heavy atom. The van der Waals surface area contributed by atoms with Gasteiger partial charge >= 0.3 is 0 Å². The molecule has 2 aromatic heterocycles. The molecule has 5 heteroatoms. The summed E-state index contributed by atoms with van der Waals surface area (Å²) in [5.41, 5.74) is 2.99. The molecule has 1 fully saturated rings. The topological polar surface area (TPSA) is 57.8 Å². The lowest BCUT2D eigenvalue weighted by Gasteiger charge is -2.34. The van der Waals surface area contributed by atoms with E-state index in [1.54, 1.807) is 18.3 Å². The molecule has 1 aliphatic carbocycles. The molecular formula is C27H26FN3O. The van der Waals surface area contributed by atoms with Crippen molar-refractivity contribution in [2.24, 2.45) is 5.92 Å². The van der Waals surface area contributed by atoms with Crippen LogP contribution in [0, 0.1) is 11.7 Å². The van der Waals surface area contributed by atoms with E-state index < -0.39 is 0 Å². The number of fused-ring (bicyclic) bond motifs is 1. The highest BCUT2D eigenvalue weighted by atomic mass is 19.1. The third-order valence-corrected chi connectivity index (χ3v) is 6.67. The van der Waals surface area contributed by atoms with E-state index in [0.29, 0.717) is 22.8 Å². The van der Waals surface area contributed by atoms with Gasteiger partial charge < -0.3 is 10.3 Å². The van der Waals surface area contributed by atoms with Crippen LogP contribution in [0.3, 0.4) is 0 Å². The second-order valence-electron chi connectivity index (χ2n) is 8.61. The van der Waals surface area contributed by atoms with Crippen molar-refractivity contribution >= 4 is 22.3 Å². The molecule has 4 nitrogen and oxygen atoms in total. The summed E-state index contributed by atoms with van der Waals surface area (Å²) in [6.07, 6.45) is 9.35. The van der Waals surface area contributed by atoms with Crippen LogP contribution in [-0.4, -0.2) is 9.97 Å². The fourth-order valence-corrected chi connectivity index (χ4v) is 4.75. The number of rotatable bonds is 7. The van der Waals surface area contributed by atoms with Crippen LogP contribution >= 0.6 is 0 Å². The summed E-state index contributed by atoms with van der Waals surface area (Å²) in [4.78, 5) is 20.1. The number of anilines is 2. The zero-order chi connectivity index (χ0) is 21.9. The monoisotopic (exact) mass is 427 g/mol. The van der Waals surface area contributed by atoms with Crippen LogP contribution < -0.4 is 10.9 Å². The fraction of sp³-hybridized carbons (Fsp3) is 0.259. The zero-order valence-electron chi connectivity index (χ0n) is 17.9. The third kappa shape index (κ3) is 4.15. The SMILES string of the molecule is O=c1[nH]ccc2c(CCC(c3ccccc3)C3CCC3)cnc(Nc3ccc(F)cc3)c12. The number of aromatic amines is 1. The van der Waals surface area contributed by atoms with Gasteiger partial charge in [-0.05, 0) is 84.4 Å². The van der Waals surface area contributed by atoms with Crippen LogP contribution in [0.2, 0.25) is 0 Å². The van der Waals surface area contributed by atoms with Crippen molar-refractivity contribution in [3.05, 3.63) is 100 Å². The van der Waals surface area contributed by atoms with Crippen molar-refractivity contribution in [1.82, 2.24) is 9.97 Å². The maximum Gasteiger partial charge on any atom is 0.259 e. The molecule has 0 bridgehead atoms. The van der Waals surface area contributed by atoms with Crippen LogP contribution in [0.1, 0.15) is 42.7 Å². The Kier molecular flexibility index (Phi) is 5.71. The second kappa shape index (κ2) is 8.95. The number of nitrogens with zero attached hydrogens (tertiary/aromatic N) is 1. The van der Waals surface area contributed by atoms with Gasteiger partial charge in [0.2, 0.25) is 0 Å². The molecule has 2 N–H and O–H groups in total. The van der Waals surface area contributed by atoms with Crippen LogP contribution in [0.25, 0.3) is 10.8 Å². The van der Waals surface area contributed by atoms with E-state index in [-0.39, 0.29) is 11.4 Å². The Bertz CT molecular complexity index is 1260. The highest BCUT2D eigenvalue weighted by Crippen LogP contribution is 2.42. The van der Waals surface area contributed by atoms with Gasteiger partial charge in [0.05, 0.1) is 5.39 Å². The van der Waals surface area contributed by atoms with Crippen molar-refractivity contribution < 1.29 is 4.39 Å². The van der Waals surface area contributed by atoms with Crippen molar-refractivity contribution in [2.45, 2.75) is 38.0 Å². The lowest BCUT2D eigenvalue weighted by molar-refractivity contribution is 0.251. The summed E-state index contributed by atoms with van der Waals surface area (Å²) in [5, 5.41) is 4.62. The van der Waals surface area contributed by atoms with E-state index in [0.717, 1.165) is 29.7 Å². The highest BCUT2D eigenvalue weighted by Gasteiger charge is 2.28. The predicted molar refractivity (Wildman–Crippen MR) is 127 cm³/mol. The molecule has 0 saturated heterocycles. The minimum Gasteiger partial charge on any atom is -0.340 e. The molecule has 32 heavy (non-hydrogen) atoms. The molecule has 1 aliphatic rings. The number of H-pyrrole nitrogens is 1. The number of hydrogen-bond acceptors (Lipinski definition) is 3. The number of nitrogens with one attached hydrogen (secondary N) is 2. The van der Waals surface area contributed by atoms with Crippen molar-refractivity contribution in [3.63, 3.8) is 0 Å². The molecule has 1 atom stereocenters. The lowest BCUT2D eigenvalue weighted by atomic mass is 9.71. The van der Waals surface area contributed by atoms with Gasteiger partial charge in [0, 0.05) is 18.1 Å². The summed E-state index contributed by atoms with van der Waals surface area (Å²) >= 11 is 0. The van der Waals surface area contributed by atoms with Gasteiger partial charge in [-0.25, -0.2) is 9.37 Å². The van der Waals surface area contributed by atoms with Crippen molar-refractivity contribution in [1.29, 1.82) is 0 Å². The molecule has 1 unspecified atom stereocenters. The minimum absolute atomic E-state index is 0.180. The lowest BCUT2D eigenvalue weighted by Crippen LogP contribution is -2.21. The molecule has 1 saturated carbocycles. The zero-order valence-corrected chi connectivity index (χ0v) is 17.9. The van der Waals surface area contributed by atoms with Crippen LogP contribution in [0.4, 0.5) is 15.9 Å². The summed E-state index contributed by atoms with van der Waals surface area (Å²) in [6.45, 7) is 0. The Balaban J connectivity index is 1.45. The first kappa shape index (κ1) is 20.4. The molecule has 2 heterocycles. The standard InChI is InChI=1S/C27H26FN3O/c28-21-10-12-22(13-11-21)31-26-25-24(15-16-29-27(25)32)20(17-30-26)9-14-23(19-7-4-8-19)18-5-2-1-3-6-18/h1-3,5-6,10-13,15-17,19,23H,4,7-9,14H2,(H,29,32)(H,30,31). The van der Waals surface area contributed by atoms with E-state index in [9.17, 15) is 9.18 Å². The normalized spacial score (nSPS) is 14.8. The average molecular weight is 428 g/mol. The number of aryl methyl sites for hydroxylation is 1. The summed E-state index contributed by atoms with van der Waals surface area (Å²) < 4.78 is 13.3. The first-order valence-corrected chi connectivity index (χ1v) is 11.3. The molecular weight excluding hydrogens is 401 g/mol. The average Bonchev–Trinajstić information content (AvgIpc) is 2.78. The van der Waals surface area contributed by atoms with Crippen molar-refractivity contribution in [3.8, 4) is 0 Å². The van der Waals surface area contributed by atoms with E-state index in [2.05, 4.69) is 45.6 Å². The van der Waals surface area contributed by atoms with Gasteiger partial charge in [-0.1, -0.05) is 36.8 Å². The van der Waals surface area contributed by atoms with Gasteiger partial charge in [0.25, 0.3) is 5.56 Å². The van der Waals surface area contributed by atoms with Gasteiger partial charge in [-0.3, -0.25) is 4.79 Å². The maximum atomic E-state index is 13.3. The molecule has 162 valence electrons. The number of pyridine rings is 2. The first-order chi connectivity index (χ1) is 15.7. The summed E-state index contributed by atoms with van der Waals surface area (Å²) in [5.74, 6) is 1.44. The van der Waals surface area contributed by atoms with E-state index >= 15 is 0 Å². The summed E-state index contributed by atoms with van der Waals surface area (Å²) in [7, 11) is 0. The van der Waals surface area contributed by atoms with Crippen LogP contribution in [0.5, 0.6) is 0 Å². The number of halogens is 1. The van der Waals surface area contributed by atoms with Crippen molar-refractivity contribution in [2.75, 3.05) is 5.32 Å². The highest BCUT2D eigenvalue weighted by molar-refractivity contribution is 5.94. The Morgan fingerprint density at radius 2 is 1.84 bits per heavy atom. The smallest absolute Gasteiger partial charge is 0.259 e. The van der Waals surface area contributed by atoms with Crippen LogP contribution in [0.15, 0.2) is 77.9 Å².